The van der Waals surface area contributed by atoms with E-state index >= 15 is 0 Å². The highest BCUT2D eigenvalue weighted by Gasteiger charge is 2.24. The summed E-state index contributed by atoms with van der Waals surface area (Å²) in [7, 11) is 0. The van der Waals surface area contributed by atoms with Gasteiger partial charge in [-0.05, 0) is 48.2 Å². The van der Waals surface area contributed by atoms with Gasteiger partial charge in [-0.25, -0.2) is 0 Å². The monoisotopic (exact) mass is 335 g/mol. The van der Waals surface area contributed by atoms with E-state index in [1.54, 1.807) is 4.90 Å². The van der Waals surface area contributed by atoms with Gasteiger partial charge in [-0.15, -0.1) is 0 Å². The first-order valence-electron chi connectivity index (χ1n) is 8.72. The van der Waals surface area contributed by atoms with Crippen molar-refractivity contribution in [3.8, 4) is 0 Å². The van der Waals surface area contributed by atoms with Crippen LogP contribution in [0.2, 0.25) is 0 Å². The third kappa shape index (κ3) is 3.28. The summed E-state index contributed by atoms with van der Waals surface area (Å²) in [5.41, 5.74) is 4.13. The van der Waals surface area contributed by atoms with Crippen LogP contribution in [0.15, 0.2) is 48.5 Å². The summed E-state index contributed by atoms with van der Waals surface area (Å²) in [5, 5.41) is 6.26. The summed E-state index contributed by atoms with van der Waals surface area (Å²) >= 11 is 0. The predicted molar refractivity (Wildman–Crippen MR) is 97.4 cm³/mol. The highest BCUT2D eigenvalue weighted by Crippen LogP contribution is 2.23. The molecule has 2 aliphatic heterocycles. The minimum atomic E-state index is -0.227. The lowest BCUT2D eigenvalue weighted by Gasteiger charge is -2.25. The van der Waals surface area contributed by atoms with Crippen LogP contribution in [0.5, 0.6) is 0 Å². The molecule has 2 aromatic rings. The lowest BCUT2D eigenvalue weighted by atomic mass is 9.95. The highest BCUT2D eigenvalue weighted by atomic mass is 16.2. The van der Waals surface area contributed by atoms with Crippen LogP contribution in [0.25, 0.3) is 0 Å². The second-order valence-corrected chi connectivity index (χ2v) is 6.59. The molecule has 0 spiro atoms. The number of nitrogens with zero attached hydrogens (tertiary/aromatic N) is 1. The summed E-state index contributed by atoms with van der Waals surface area (Å²) in [6.45, 7) is 1.49. The van der Waals surface area contributed by atoms with Crippen LogP contribution >= 0.6 is 0 Å². The Hall–Kier alpha value is -2.66. The first-order chi connectivity index (χ1) is 12.2. The van der Waals surface area contributed by atoms with Crippen LogP contribution in [0.3, 0.4) is 0 Å². The quantitative estimate of drug-likeness (QED) is 0.906. The lowest BCUT2D eigenvalue weighted by Crippen LogP contribution is -2.44. The first-order valence-corrected chi connectivity index (χ1v) is 8.72. The molecule has 2 aromatic carbocycles. The zero-order valence-electron chi connectivity index (χ0n) is 14.0. The van der Waals surface area contributed by atoms with E-state index in [-0.39, 0.29) is 17.9 Å². The standard InChI is InChI=1S/C20H21N3O2/c24-19-6-3-11-23(19)17-9-7-16(8-10-17)22-20(25)18-12-14-4-1-2-5-15(14)13-21-18/h1-2,4-5,7-10,18,21H,3,6,11-13H2,(H,22,25). The molecule has 0 bridgehead atoms. The number of nitrogens with one attached hydrogen (secondary N) is 2. The zero-order chi connectivity index (χ0) is 17.2. The molecule has 1 fully saturated rings. The van der Waals surface area contributed by atoms with E-state index in [2.05, 4.69) is 22.8 Å². The first kappa shape index (κ1) is 15.8. The van der Waals surface area contributed by atoms with Gasteiger partial charge in [0.2, 0.25) is 11.8 Å². The van der Waals surface area contributed by atoms with Gasteiger partial charge in [0.15, 0.2) is 0 Å². The molecule has 0 saturated carbocycles. The fourth-order valence-electron chi connectivity index (χ4n) is 3.51. The van der Waals surface area contributed by atoms with Crippen molar-refractivity contribution in [1.29, 1.82) is 0 Å². The zero-order valence-corrected chi connectivity index (χ0v) is 14.0. The number of fused-ring (bicyclic) bond motifs is 1. The molecule has 2 amide bonds. The maximum atomic E-state index is 12.5. The number of carbonyl (C=O) groups excluding carboxylic acids is 2. The molecule has 0 radical (unpaired) electrons. The minimum Gasteiger partial charge on any atom is -0.325 e. The van der Waals surface area contributed by atoms with Crippen LogP contribution in [-0.4, -0.2) is 24.4 Å². The third-order valence-corrected chi connectivity index (χ3v) is 4.92. The van der Waals surface area contributed by atoms with Gasteiger partial charge in [0, 0.05) is 30.9 Å². The average molecular weight is 335 g/mol. The Morgan fingerprint density at radius 1 is 1.08 bits per heavy atom. The molecule has 0 aliphatic carbocycles. The number of rotatable bonds is 3. The van der Waals surface area contributed by atoms with Crippen molar-refractivity contribution in [2.75, 3.05) is 16.8 Å². The van der Waals surface area contributed by atoms with Crippen molar-refractivity contribution in [3.05, 3.63) is 59.7 Å². The molecule has 5 heteroatoms. The van der Waals surface area contributed by atoms with Crippen molar-refractivity contribution in [2.45, 2.75) is 31.8 Å². The molecule has 2 aliphatic rings. The van der Waals surface area contributed by atoms with Crippen LogP contribution in [0.4, 0.5) is 11.4 Å². The number of hydrogen-bond acceptors (Lipinski definition) is 3. The lowest BCUT2D eigenvalue weighted by molar-refractivity contribution is -0.118. The van der Waals surface area contributed by atoms with Gasteiger partial charge in [-0.3, -0.25) is 9.59 Å². The molecule has 2 heterocycles. The largest absolute Gasteiger partial charge is 0.325 e. The molecular formula is C20H21N3O2. The summed E-state index contributed by atoms with van der Waals surface area (Å²) in [6.07, 6.45) is 2.22. The van der Waals surface area contributed by atoms with Gasteiger partial charge in [0.05, 0.1) is 6.04 Å². The number of benzene rings is 2. The molecule has 25 heavy (non-hydrogen) atoms. The van der Waals surface area contributed by atoms with Crippen LogP contribution in [0, 0.1) is 0 Å². The van der Waals surface area contributed by atoms with E-state index < -0.39 is 0 Å². The fourth-order valence-corrected chi connectivity index (χ4v) is 3.51. The van der Waals surface area contributed by atoms with E-state index in [0.29, 0.717) is 19.4 Å². The van der Waals surface area contributed by atoms with Crippen LogP contribution < -0.4 is 15.5 Å². The van der Waals surface area contributed by atoms with Gasteiger partial charge in [-0.2, -0.15) is 0 Å². The molecule has 4 rings (SSSR count). The average Bonchev–Trinajstić information content (AvgIpc) is 3.08. The Morgan fingerprint density at radius 2 is 1.84 bits per heavy atom. The van der Waals surface area contributed by atoms with Gasteiger partial charge in [0.25, 0.3) is 0 Å². The number of hydrogen-bond donors (Lipinski definition) is 2. The van der Waals surface area contributed by atoms with Gasteiger partial charge in [0.1, 0.15) is 0 Å². The second kappa shape index (κ2) is 6.69. The topological polar surface area (TPSA) is 61.4 Å². The van der Waals surface area contributed by atoms with E-state index in [9.17, 15) is 9.59 Å². The molecular weight excluding hydrogens is 314 g/mol. The smallest absolute Gasteiger partial charge is 0.241 e. The molecule has 2 N–H and O–H groups in total. The summed E-state index contributed by atoms with van der Waals surface area (Å²) in [4.78, 5) is 26.1. The summed E-state index contributed by atoms with van der Waals surface area (Å²) < 4.78 is 0. The van der Waals surface area contributed by atoms with Gasteiger partial charge in [-0.1, -0.05) is 24.3 Å². The Bertz CT molecular complexity index is 801. The Kier molecular flexibility index (Phi) is 4.24. The van der Waals surface area contributed by atoms with Gasteiger partial charge >= 0.3 is 0 Å². The highest BCUT2D eigenvalue weighted by molar-refractivity contribution is 5.97. The molecule has 1 saturated heterocycles. The molecule has 1 unspecified atom stereocenters. The minimum absolute atomic E-state index is 0.0282. The molecule has 1 atom stereocenters. The fraction of sp³-hybridized carbons (Fsp3) is 0.300. The summed E-state index contributed by atoms with van der Waals surface area (Å²) in [5.74, 6) is 0.140. The maximum Gasteiger partial charge on any atom is 0.241 e. The van der Waals surface area contributed by atoms with Crippen molar-refractivity contribution < 1.29 is 9.59 Å². The number of anilines is 2. The molecule has 0 aromatic heterocycles. The number of amides is 2. The Morgan fingerprint density at radius 3 is 2.56 bits per heavy atom. The van der Waals surface area contributed by atoms with Crippen molar-refractivity contribution in [1.82, 2.24) is 5.32 Å². The second-order valence-electron chi connectivity index (χ2n) is 6.59. The van der Waals surface area contributed by atoms with E-state index in [0.717, 1.165) is 24.3 Å². The Balaban J connectivity index is 1.40. The molecule has 128 valence electrons. The van der Waals surface area contributed by atoms with E-state index in [1.165, 1.54) is 11.1 Å². The van der Waals surface area contributed by atoms with Crippen molar-refractivity contribution >= 4 is 23.2 Å². The normalized spacial score (nSPS) is 19.6. The SMILES string of the molecule is O=C(Nc1ccc(N2CCCC2=O)cc1)C1Cc2ccccc2CN1. The number of carbonyl (C=O) groups is 2. The Labute approximate surface area is 147 Å². The summed E-state index contributed by atoms with van der Waals surface area (Å²) in [6, 6.07) is 15.5. The molecule has 5 nitrogen and oxygen atoms in total. The van der Waals surface area contributed by atoms with E-state index in [4.69, 9.17) is 0 Å². The third-order valence-electron chi connectivity index (χ3n) is 4.92. The predicted octanol–water partition coefficient (Wildman–Crippen LogP) is 2.47. The van der Waals surface area contributed by atoms with Gasteiger partial charge < -0.3 is 15.5 Å². The van der Waals surface area contributed by atoms with Crippen LogP contribution in [0.1, 0.15) is 24.0 Å². The maximum absolute atomic E-state index is 12.5. The van der Waals surface area contributed by atoms with Crippen LogP contribution in [-0.2, 0) is 22.6 Å². The van der Waals surface area contributed by atoms with Crippen molar-refractivity contribution in [3.63, 3.8) is 0 Å². The van der Waals surface area contributed by atoms with Crippen molar-refractivity contribution in [2.24, 2.45) is 0 Å². The van der Waals surface area contributed by atoms with E-state index in [1.807, 2.05) is 36.4 Å².